The fourth-order valence-electron chi connectivity index (χ4n) is 2.44. The number of ether oxygens (including phenoxy) is 1. The molecule has 1 N–H and O–H groups in total. The number of carbonyl (C=O) groups excluding carboxylic acids is 2. The van der Waals surface area contributed by atoms with E-state index in [1.54, 1.807) is 55.6 Å². The number of hydrogen-bond acceptors (Lipinski definition) is 6. The second-order valence-electron chi connectivity index (χ2n) is 5.68. The minimum Gasteiger partial charge on any atom is -0.497 e. The van der Waals surface area contributed by atoms with Gasteiger partial charge < -0.3 is 14.5 Å². The molecule has 0 bridgehead atoms. The molecule has 3 aromatic rings. The van der Waals surface area contributed by atoms with Crippen LogP contribution in [0, 0.1) is 0 Å². The van der Waals surface area contributed by atoms with Gasteiger partial charge in [-0.05, 0) is 36.4 Å². The van der Waals surface area contributed by atoms with Crippen molar-refractivity contribution in [1.82, 2.24) is 0 Å². The van der Waals surface area contributed by atoms with Crippen LogP contribution in [0.15, 0.2) is 63.8 Å². The molecular weight excluding hydrogens is 366 g/mol. The van der Waals surface area contributed by atoms with Gasteiger partial charge in [-0.25, -0.2) is 4.79 Å². The Balaban J connectivity index is 1.55. The molecule has 0 fully saturated rings. The zero-order chi connectivity index (χ0) is 19.2. The first kappa shape index (κ1) is 18.7. The molecule has 0 saturated carbocycles. The quantitative estimate of drug-likeness (QED) is 0.497. The van der Waals surface area contributed by atoms with Crippen LogP contribution in [0.5, 0.6) is 5.75 Å². The summed E-state index contributed by atoms with van der Waals surface area (Å²) in [5.41, 5.74) is 0.409. The van der Waals surface area contributed by atoms with Crippen LogP contribution in [0.1, 0.15) is 10.4 Å². The maximum absolute atomic E-state index is 12.3. The van der Waals surface area contributed by atoms with Gasteiger partial charge in [0.1, 0.15) is 16.9 Å². The van der Waals surface area contributed by atoms with E-state index >= 15 is 0 Å². The summed E-state index contributed by atoms with van der Waals surface area (Å²) < 4.78 is 10.2. The van der Waals surface area contributed by atoms with E-state index < -0.39 is 5.63 Å². The van der Waals surface area contributed by atoms with Gasteiger partial charge in [0, 0.05) is 11.1 Å². The van der Waals surface area contributed by atoms with Crippen molar-refractivity contribution in [3.05, 3.63) is 70.6 Å². The molecule has 1 heterocycles. The Morgan fingerprint density at radius 1 is 1.07 bits per heavy atom. The fourth-order valence-corrected chi connectivity index (χ4v) is 3.14. The third kappa shape index (κ3) is 4.77. The summed E-state index contributed by atoms with van der Waals surface area (Å²) in [6.07, 6.45) is 0. The normalized spacial score (nSPS) is 10.6. The molecule has 0 aliphatic carbocycles. The molecule has 0 aliphatic rings. The Morgan fingerprint density at radius 2 is 1.81 bits per heavy atom. The van der Waals surface area contributed by atoms with Crippen molar-refractivity contribution in [2.45, 2.75) is 0 Å². The molecule has 0 saturated heterocycles. The van der Waals surface area contributed by atoms with Gasteiger partial charge in [-0.1, -0.05) is 18.2 Å². The molecule has 0 atom stereocenters. The van der Waals surface area contributed by atoms with Crippen LogP contribution < -0.4 is 15.7 Å². The van der Waals surface area contributed by atoms with Gasteiger partial charge in [0.25, 0.3) is 0 Å². The predicted octanol–water partition coefficient (Wildman–Crippen LogP) is 3.36. The zero-order valence-electron chi connectivity index (χ0n) is 14.6. The molecule has 0 spiro atoms. The largest absolute Gasteiger partial charge is 0.497 e. The number of thioether (sulfide) groups is 1. The maximum Gasteiger partial charge on any atom is 0.347 e. The molecule has 7 heteroatoms. The highest BCUT2D eigenvalue weighted by Crippen LogP contribution is 2.16. The van der Waals surface area contributed by atoms with Crippen molar-refractivity contribution in [1.29, 1.82) is 0 Å². The van der Waals surface area contributed by atoms with Crippen molar-refractivity contribution in [2.75, 3.05) is 23.9 Å². The third-order valence-electron chi connectivity index (χ3n) is 3.78. The predicted molar refractivity (Wildman–Crippen MR) is 106 cm³/mol. The van der Waals surface area contributed by atoms with E-state index in [-0.39, 0.29) is 28.8 Å². The summed E-state index contributed by atoms with van der Waals surface area (Å²) >= 11 is 1.14. The van der Waals surface area contributed by atoms with Gasteiger partial charge >= 0.3 is 5.63 Å². The van der Waals surface area contributed by atoms with E-state index in [0.29, 0.717) is 22.4 Å². The summed E-state index contributed by atoms with van der Waals surface area (Å²) in [4.78, 5) is 36.2. The van der Waals surface area contributed by atoms with Crippen LogP contribution in [0.25, 0.3) is 11.0 Å². The Labute approximate surface area is 159 Å². The monoisotopic (exact) mass is 383 g/mol. The Kier molecular flexibility index (Phi) is 5.93. The molecule has 27 heavy (non-hydrogen) atoms. The van der Waals surface area contributed by atoms with Crippen molar-refractivity contribution in [3.8, 4) is 5.75 Å². The molecule has 1 amide bonds. The van der Waals surface area contributed by atoms with Crippen LogP contribution in [0.3, 0.4) is 0 Å². The number of ketones is 1. The van der Waals surface area contributed by atoms with Gasteiger partial charge in [-0.2, -0.15) is 0 Å². The van der Waals surface area contributed by atoms with E-state index in [0.717, 1.165) is 11.8 Å². The van der Waals surface area contributed by atoms with E-state index in [4.69, 9.17) is 9.15 Å². The minimum atomic E-state index is -0.665. The van der Waals surface area contributed by atoms with Gasteiger partial charge in [-0.3, -0.25) is 9.59 Å². The lowest BCUT2D eigenvalue weighted by molar-refractivity contribution is -0.113. The van der Waals surface area contributed by atoms with Gasteiger partial charge in [-0.15, -0.1) is 11.8 Å². The van der Waals surface area contributed by atoms with Gasteiger partial charge in [0.05, 0.1) is 18.6 Å². The SMILES string of the molecule is COc1ccc(NC(=O)CSCC(=O)c2cc3ccccc3oc2=O)cc1. The van der Waals surface area contributed by atoms with Gasteiger partial charge in [0.2, 0.25) is 5.91 Å². The first-order valence-electron chi connectivity index (χ1n) is 8.14. The fraction of sp³-hybridized carbons (Fsp3) is 0.150. The standard InChI is InChI=1S/C20H17NO5S/c1-25-15-8-6-14(7-9-15)21-19(23)12-27-11-17(22)16-10-13-4-2-3-5-18(13)26-20(16)24/h2-10H,11-12H2,1H3,(H,21,23). The molecule has 3 rings (SSSR count). The Bertz CT molecular complexity index is 1030. The highest BCUT2D eigenvalue weighted by molar-refractivity contribution is 8.00. The lowest BCUT2D eigenvalue weighted by Crippen LogP contribution is -2.18. The van der Waals surface area contributed by atoms with Crippen molar-refractivity contribution in [2.24, 2.45) is 0 Å². The maximum atomic E-state index is 12.3. The molecule has 0 aliphatic heterocycles. The van der Waals surface area contributed by atoms with Crippen LogP contribution >= 0.6 is 11.8 Å². The van der Waals surface area contributed by atoms with Crippen LogP contribution in [-0.4, -0.2) is 30.3 Å². The Morgan fingerprint density at radius 3 is 2.56 bits per heavy atom. The second-order valence-corrected chi connectivity index (χ2v) is 6.66. The number of benzene rings is 2. The second kappa shape index (κ2) is 8.55. The number of amides is 1. The average Bonchev–Trinajstić information content (AvgIpc) is 2.68. The lowest BCUT2D eigenvalue weighted by atomic mass is 10.1. The van der Waals surface area contributed by atoms with Crippen molar-refractivity contribution < 1.29 is 18.7 Å². The summed E-state index contributed by atoms with van der Waals surface area (Å²) in [5, 5.41) is 3.42. The summed E-state index contributed by atoms with van der Waals surface area (Å²) in [7, 11) is 1.57. The van der Waals surface area contributed by atoms with Crippen molar-refractivity contribution in [3.63, 3.8) is 0 Å². The number of rotatable bonds is 7. The third-order valence-corrected chi connectivity index (χ3v) is 4.71. The van der Waals surface area contributed by atoms with E-state index in [1.807, 2.05) is 0 Å². The first-order valence-corrected chi connectivity index (χ1v) is 9.30. The number of para-hydroxylation sites is 1. The molecule has 1 aromatic heterocycles. The van der Waals surface area contributed by atoms with E-state index in [9.17, 15) is 14.4 Å². The minimum absolute atomic E-state index is 0.00300. The van der Waals surface area contributed by atoms with Crippen LogP contribution in [-0.2, 0) is 4.79 Å². The molecular formula is C20H17NO5S. The molecule has 0 unspecified atom stereocenters. The summed E-state index contributed by atoms with van der Waals surface area (Å²) in [5.74, 6) is 0.206. The van der Waals surface area contributed by atoms with Gasteiger partial charge in [0.15, 0.2) is 5.78 Å². The first-order chi connectivity index (χ1) is 13.1. The lowest BCUT2D eigenvalue weighted by Gasteiger charge is -2.06. The number of methoxy groups -OCH3 is 1. The number of anilines is 1. The number of Topliss-reactive ketones (excluding diaryl/α,β-unsaturated/α-hetero) is 1. The highest BCUT2D eigenvalue weighted by atomic mass is 32.2. The number of fused-ring (bicyclic) bond motifs is 1. The number of nitrogens with one attached hydrogen (secondary N) is 1. The number of hydrogen-bond donors (Lipinski definition) is 1. The summed E-state index contributed by atoms with van der Waals surface area (Å²) in [6.45, 7) is 0. The summed E-state index contributed by atoms with van der Waals surface area (Å²) in [6, 6.07) is 15.5. The van der Waals surface area contributed by atoms with Crippen molar-refractivity contribution >= 4 is 40.1 Å². The topological polar surface area (TPSA) is 85.6 Å². The van der Waals surface area contributed by atoms with Crippen LogP contribution in [0.4, 0.5) is 5.69 Å². The number of carbonyl (C=O) groups is 2. The zero-order valence-corrected chi connectivity index (χ0v) is 15.4. The smallest absolute Gasteiger partial charge is 0.347 e. The molecule has 0 radical (unpaired) electrons. The van der Waals surface area contributed by atoms with E-state index in [2.05, 4.69) is 5.32 Å². The highest BCUT2D eigenvalue weighted by Gasteiger charge is 2.14. The molecule has 2 aromatic carbocycles. The molecule has 6 nitrogen and oxygen atoms in total. The molecule has 138 valence electrons. The average molecular weight is 383 g/mol. The van der Waals surface area contributed by atoms with Crippen LogP contribution in [0.2, 0.25) is 0 Å². The van der Waals surface area contributed by atoms with E-state index in [1.165, 1.54) is 6.07 Å². The Hall–Kier alpha value is -3.06.